The third-order valence-corrected chi connectivity index (χ3v) is 3.01. The average molecular weight is 295 g/mol. The van der Waals surface area contributed by atoms with Gasteiger partial charge in [0.2, 0.25) is 5.91 Å². The fourth-order valence-corrected chi connectivity index (χ4v) is 2.11. The molecule has 6 heteroatoms. The van der Waals surface area contributed by atoms with Gasteiger partial charge in [-0.15, -0.1) is 0 Å². The van der Waals surface area contributed by atoms with E-state index in [1.165, 1.54) is 0 Å². The molecule has 1 aromatic rings. The van der Waals surface area contributed by atoms with Crippen molar-refractivity contribution in [2.45, 2.75) is 13.3 Å². The fourth-order valence-electron chi connectivity index (χ4n) is 1.93. The van der Waals surface area contributed by atoms with Crippen molar-refractivity contribution in [2.75, 3.05) is 31.6 Å². The van der Waals surface area contributed by atoms with Crippen LogP contribution in [0, 0.1) is 0 Å². The molecule has 0 spiro atoms. The van der Waals surface area contributed by atoms with Crippen LogP contribution in [0.4, 0.5) is 5.69 Å². The highest BCUT2D eigenvalue weighted by Crippen LogP contribution is 2.14. The predicted octanol–water partition coefficient (Wildman–Crippen LogP) is 0.964. The Hall–Kier alpha value is -1.50. The molecule has 0 saturated carbocycles. The summed E-state index contributed by atoms with van der Waals surface area (Å²) in [5, 5.41) is 11.8. The van der Waals surface area contributed by atoms with E-state index < -0.39 is 0 Å². The first-order valence-corrected chi connectivity index (χ1v) is 7.01. The zero-order chi connectivity index (χ0) is 15.0. The number of hydrogen-bond acceptors (Lipinski definition) is 4. The maximum Gasteiger partial charge on any atom is 0.238 e. The van der Waals surface area contributed by atoms with Crippen LogP contribution in [0.3, 0.4) is 0 Å². The number of aliphatic hydroxyl groups is 1. The molecule has 1 amide bonds. The Morgan fingerprint density at radius 1 is 1.40 bits per heavy atom. The quantitative estimate of drug-likeness (QED) is 0.623. The first-order valence-electron chi connectivity index (χ1n) is 6.60. The van der Waals surface area contributed by atoms with Crippen LogP contribution in [0.25, 0.3) is 0 Å². The van der Waals surface area contributed by atoms with Gasteiger partial charge in [0.1, 0.15) is 4.99 Å². The van der Waals surface area contributed by atoms with E-state index in [0.717, 1.165) is 13.0 Å². The number of thiocarbonyl (C=S) groups is 1. The van der Waals surface area contributed by atoms with Gasteiger partial charge in [0.25, 0.3) is 0 Å². The van der Waals surface area contributed by atoms with E-state index in [1.54, 1.807) is 12.1 Å². The molecule has 0 fully saturated rings. The van der Waals surface area contributed by atoms with Gasteiger partial charge in [-0.3, -0.25) is 9.69 Å². The van der Waals surface area contributed by atoms with Crippen molar-refractivity contribution in [3.8, 4) is 0 Å². The SMILES string of the molecule is CCCN(CCO)CC(=O)Nc1ccccc1C(N)=S. The Morgan fingerprint density at radius 2 is 2.10 bits per heavy atom. The molecule has 0 unspecified atom stereocenters. The highest BCUT2D eigenvalue weighted by atomic mass is 32.1. The van der Waals surface area contributed by atoms with Gasteiger partial charge in [-0.2, -0.15) is 0 Å². The average Bonchev–Trinajstić information content (AvgIpc) is 2.39. The van der Waals surface area contributed by atoms with Crippen LogP contribution < -0.4 is 11.1 Å². The summed E-state index contributed by atoms with van der Waals surface area (Å²) in [7, 11) is 0. The number of carbonyl (C=O) groups is 1. The van der Waals surface area contributed by atoms with Crippen molar-refractivity contribution in [1.82, 2.24) is 4.90 Å². The summed E-state index contributed by atoms with van der Waals surface area (Å²) in [6.45, 7) is 3.56. The molecular formula is C14H21N3O2S. The number of anilines is 1. The number of rotatable bonds is 8. The number of hydrogen-bond donors (Lipinski definition) is 3. The maximum atomic E-state index is 12.0. The molecule has 0 aromatic heterocycles. The zero-order valence-electron chi connectivity index (χ0n) is 11.6. The summed E-state index contributed by atoms with van der Waals surface area (Å²) in [4.78, 5) is 14.2. The van der Waals surface area contributed by atoms with Crippen molar-refractivity contribution in [2.24, 2.45) is 5.73 Å². The normalized spacial score (nSPS) is 10.6. The van der Waals surface area contributed by atoms with Crippen molar-refractivity contribution >= 4 is 28.8 Å². The molecule has 0 saturated heterocycles. The van der Waals surface area contributed by atoms with E-state index in [0.29, 0.717) is 17.8 Å². The van der Waals surface area contributed by atoms with Crippen molar-refractivity contribution in [3.63, 3.8) is 0 Å². The molecule has 1 rings (SSSR count). The van der Waals surface area contributed by atoms with E-state index in [1.807, 2.05) is 24.0 Å². The number of nitrogens with one attached hydrogen (secondary N) is 1. The van der Waals surface area contributed by atoms with Crippen LogP contribution in [-0.2, 0) is 4.79 Å². The predicted molar refractivity (Wildman–Crippen MR) is 84.8 cm³/mol. The van der Waals surface area contributed by atoms with E-state index in [9.17, 15) is 4.79 Å². The zero-order valence-corrected chi connectivity index (χ0v) is 12.4. The van der Waals surface area contributed by atoms with Crippen molar-refractivity contribution in [1.29, 1.82) is 0 Å². The minimum absolute atomic E-state index is 0.0384. The standard InChI is InChI=1S/C14H21N3O2S/c1-2-7-17(8-9-18)10-13(19)16-12-6-4-3-5-11(12)14(15)20/h3-6,18H,2,7-10H2,1H3,(H2,15,20)(H,16,19). The lowest BCUT2D eigenvalue weighted by atomic mass is 10.2. The molecule has 0 heterocycles. The van der Waals surface area contributed by atoms with Gasteiger partial charge >= 0.3 is 0 Å². The molecule has 0 aliphatic rings. The lowest BCUT2D eigenvalue weighted by molar-refractivity contribution is -0.117. The molecular weight excluding hydrogens is 274 g/mol. The minimum Gasteiger partial charge on any atom is -0.395 e. The summed E-state index contributed by atoms with van der Waals surface area (Å²) in [5.74, 6) is -0.143. The highest BCUT2D eigenvalue weighted by molar-refractivity contribution is 7.80. The molecule has 1 aromatic carbocycles. The third-order valence-electron chi connectivity index (χ3n) is 2.79. The summed E-state index contributed by atoms with van der Waals surface area (Å²) < 4.78 is 0. The smallest absolute Gasteiger partial charge is 0.238 e. The third kappa shape index (κ3) is 5.24. The number of aliphatic hydroxyl groups excluding tert-OH is 1. The van der Waals surface area contributed by atoms with Crippen molar-refractivity contribution in [3.05, 3.63) is 29.8 Å². The van der Waals surface area contributed by atoms with Gasteiger partial charge in [-0.05, 0) is 25.1 Å². The largest absolute Gasteiger partial charge is 0.395 e. The molecule has 20 heavy (non-hydrogen) atoms. The van der Waals surface area contributed by atoms with Gasteiger partial charge in [0.15, 0.2) is 0 Å². The molecule has 4 N–H and O–H groups in total. The highest BCUT2D eigenvalue weighted by Gasteiger charge is 2.12. The van der Waals surface area contributed by atoms with Crippen LogP contribution in [0.2, 0.25) is 0 Å². The van der Waals surface area contributed by atoms with Crippen LogP contribution >= 0.6 is 12.2 Å². The molecule has 5 nitrogen and oxygen atoms in total. The number of nitrogens with zero attached hydrogens (tertiary/aromatic N) is 1. The molecule has 0 radical (unpaired) electrons. The summed E-state index contributed by atoms with van der Waals surface area (Å²) in [6, 6.07) is 7.17. The number of nitrogens with two attached hydrogens (primary N) is 1. The maximum absolute atomic E-state index is 12.0. The lowest BCUT2D eigenvalue weighted by Gasteiger charge is -2.20. The Bertz CT molecular complexity index is 459. The van der Waals surface area contributed by atoms with E-state index >= 15 is 0 Å². The monoisotopic (exact) mass is 295 g/mol. The molecule has 0 aliphatic carbocycles. The lowest BCUT2D eigenvalue weighted by Crippen LogP contribution is -2.36. The first-order chi connectivity index (χ1) is 9.58. The van der Waals surface area contributed by atoms with Crippen LogP contribution in [0.1, 0.15) is 18.9 Å². The van der Waals surface area contributed by atoms with Crippen molar-refractivity contribution < 1.29 is 9.90 Å². The summed E-state index contributed by atoms with van der Waals surface area (Å²) in [5.41, 5.74) is 6.89. The molecule has 110 valence electrons. The second kappa shape index (κ2) is 8.63. The second-order valence-electron chi connectivity index (χ2n) is 4.46. The van der Waals surface area contributed by atoms with E-state index in [2.05, 4.69) is 5.32 Å². The fraction of sp³-hybridized carbons (Fsp3) is 0.429. The molecule has 0 atom stereocenters. The topological polar surface area (TPSA) is 78.6 Å². The van der Waals surface area contributed by atoms with E-state index in [-0.39, 0.29) is 24.0 Å². The molecule has 0 aliphatic heterocycles. The first kappa shape index (κ1) is 16.6. The number of carbonyl (C=O) groups excluding carboxylic acids is 1. The van der Waals surface area contributed by atoms with Crippen LogP contribution in [0.5, 0.6) is 0 Å². The number of benzene rings is 1. The van der Waals surface area contributed by atoms with E-state index in [4.69, 9.17) is 23.1 Å². The minimum atomic E-state index is -0.143. The number of para-hydroxylation sites is 1. The second-order valence-corrected chi connectivity index (χ2v) is 4.90. The van der Waals surface area contributed by atoms with Gasteiger partial charge in [-0.1, -0.05) is 31.3 Å². The summed E-state index contributed by atoms with van der Waals surface area (Å²) in [6.07, 6.45) is 0.927. The van der Waals surface area contributed by atoms with Gasteiger partial charge in [0.05, 0.1) is 18.8 Å². The van der Waals surface area contributed by atoms with Crippen LogP contribution in [0.15, 0.2) is 24.3 Å². The van der Waals surface area contributed by atoms with Gasteiger partial charge in [-0.25, -0.2) is 0 Å². The summed E-state index contributed by atoms with van der Waals surface area (Å²) >= 11 is 4.96. The Balaban J connectivity index is 2.68. The Kier molecular flexibility index (Phi) is 7.14. The van der Waals surface area contributed by atoms with Crippen LogP contribution in [-0.4, -0.2) is 47.1 Å². The Labute approximate surface area is 124 Å². The Morgan fingerprint density at radius 3 is 2.70 bits per heavy atom. The molecule has 0 bridgehead atoms. The number of amides is 1. The van der Waals surface area contributed by atoms with Gasteiger partial charge < -0.3 is 16.2 Å². The van der Waals surface area contributed by atoms with Gasteiger partial charge in [0, 0.05) is 12.1 Å².